The summed E-state index contributed by atoms with van der Waals surface area (Å²) in [7, 11) is 0. The largest absolute Gasteiger partial charge is 0.481 e. The number of hydrogen-bond donors (Lipinski definition) is 1. The second kappa shape index (κ2) is 3.42. The van der Waals surface area contributed by atoms with Crippen molar-refractivity contribution < 1.29 is 19.5 Å². The lowest BCUT2D eigenvalue weighted by Gasteiger charge is -2.15. The summed E-state index contributed by atoms with van der Waals surface area (Å²) in [6, 6.07) is 0. The molecule has 0 aromatic carbocycles. The first kappa shape index (κ1) is 10.5. The summed E-state index contributed by atoms with van der Waals surface area (Å²) >= 11 is 0. The molecule has 90 valence electrons. The van der Waals surface area contributed by atoms with Crippen LogP contribution in [0.4, 0.5) is 0 Å². The summed E-state index contributed by atoms with van der Waals surface area (Å²) in [6.07, 6.45) is 4.79. The molecule has 0 spiro atoms. The van der Waals surface area contributed by atoms with E-state index in [-0.39, 0.29) is 48.5 Å². The van der Waals surface area contributed by atoms with Crippen LogP contribution < -0.4 is 0 Å². The number of carbonyl (C=O) groups is 3. The van der Waals surface area contributed by atoms with Gasteiger partial charge in [-0.15, -0.1) is 0 Å². The van der Waals surface area contributed by atoms with Crippen LogP contribution in [0.2, 0.25) is 0 Å². The van der Waals surface area contributed by atoms with E-state index in [1.54, 1.807) is 0 Å². The van der Waals surface area contributed by atoms with Crippen molar-refractivity contribution in [2.24, 2.45) is 23.7 Å². The second-order valence-electron chi connectivity index (χ2n) is 4.97. The van der Waals surface area contributed by atoms with E-state index in [9.17, 15) is 14.4 Å². The molecule has 5 nitrogen and oxygen atoms in total. The van der Waals surface area contributed by atoms with Crippen molar-refractivity contribution in [2.75, 3.05) is 6.54 Å². The zero-order chi connectivity index (χ0) is 12.2. The molecular formula is C12H13NO4. The number of imide groups is 1. The maximum atomic E-state index is 12.1. The molecule has 17 heavy (non-hydrogen) atoms. The average molecular weight is 235 g/mol. The van der Waals surface area contributed by atoms with Crippen LogP contribution in [0, 0.1) is 23.7 Å². The maximum absolute atomic E-state index is 12.1. The lowest BCUT2D eigenvalue weighted by Crippen LogP contribution is -2.34. The minimum atomic E-state index is -0.983. The first-order valence-corrected chi connectivity index (χ1v) is 5.85. The summed E-state index contributed by atoms with van der Waals surface area (Å²) in [4.78, 5) is 35.8. The van der Waals surface area contributed by atoms with Crippen LogP contribution in [0.25, 0.3) is 0 Å². The van der Waals surface area contributed by atoms with Crippen LogP contribution in [0.5, 0.6) is 0 Å². The minimum Gasteiger partial charge on any atom is -0.481 e. The van der Waals surface area contributed by atoms with Gasteiger partial charge in [0.2, 0.25) is 11.8 Å². The van der Waals surface area contributed by atoms with Gasteiger partial charge < -0.3 is 5.11 Å². The van der Waals surface area contributed by atoms with Gasteiger partial charge in [0.15, 0.2) is 0 Å². The molecule has 5 heteroatoms. The topological polar surface area (TPSA) is 74.7 Å². The molecule has 1 saturated heterocycles. The van der Waals surface area contributed by atoms with Gasteiger partial charge in [0.1, 0.15) is 0 Å². The summed E-state index contributed by atoms with van der Waals surface area (Å²) in [5.41, 5.74) is 0. The number of likely N-dealkylation sites (tertiary alicyclic amines) is 1. The van der Waals surface area contributed by atoms with E-state index in [1.807, 2.05) is 12.2 Å². The molecule has 1 saturated carbocycles. The van der Waals surface area contributed by atoms with E-state index in [2.05, 4.69) is 0 Å². The number of allylic oxidation sites excluding steroid dienone is 2. The molecule has 1 aliphatic heterocycles. The number of aliphatic carboxylic acids is 1. The van der Waals surface area contributed by atoms with Crippen LogP contribution in [-0.2, 0) is 14.4 Å². The highest BCUT2D eigenvalue weighted by Crippen LogP contribution is 2.52. The fourth-order valence-electron chi connectivity index (χ4n) is 3.39. The SMILES string of the molecule is O=C(O)CCN1C(=O)[C@@H]2[C@H](C1=O)[C@H]1C=C[C@@H]2C1. The van der Waals surface area contributed by atoms with E-state index < -0.39 is 5.97 Å². The number of hydrogen-bond acceptors (Lipinski definition) is 3. The first-order chi connectivity index (χ1) is 8.09. The standard InChI is InChI=1S/C12H13NO4/c14-8(15)3-4-13-11(16)9-6-1-2-7(5-6)10(9)12(13)17/h1-2,6-7,9-10H,3-5H2,(H,14,15)/t6-,7+,9+,10-. The Morgan fingerprint density at radius 1 is 1.24 bits per heavy atom. The Morgan fingerprint density at radius 2 is 1.76 bits per heavy atom. The second-order valence-corrected chi connectivity index (χ2v) is 4.97. The van der Waals surface area contributed by atoms with Gasteiger partial charge in [-0.25, -0.2) is 0 Å². The molecule has 0 aromatic heterocycles. The third-order valence-electron chi connectivity index (χ3n) is 4.11. The van der Waals surface area contributed by atoms with Gasteiger partial charge in [0.05, 0.1) is 18.3 Å². The number of carbonyl (C=O) groups excluding carboxylic acids is 2. The zero-order valence-electron chi connectivity index (χ0n) is 9.20. The third-order valence-corrected chi connectivity index (χ3v) is 4.11. The number of fused-ring (bicyclic) bond motifs is 5. The summed E-state index contributed by atoms with van der Waals surface area (Å²) < 4.78 is 0. The third kappa shape index (κ3) is 1.34. The molecule has 2 fully saturated rings. The Labute approximate surface area is 98.1 Å². The summed E-state index contributed by atoms with van der Waals surface area (Å²) in [5, 5.41) is 8.60. The fourth-order valence-corrected chi connectivity index (χ4v) is 3.39. The average Bonchev–Trinajstić information content (AvgIpc) is 2.92. The van der Waals surface area contributed by atoms with Crippen molar-refractivity contribution >= 4 is 17.8 Å². The van der Waals surface area contributed by atoms with Gasteiger partial charge in [-0.2, -0.15) is 0 Å². The van der Waals surface area contributed by atoms with Gasteiger partial charge in [-0.1, -0.05) is 12.2 Å². The number of carboxylic acid groups (broad SMARTS) is 1. The smallest absolute Gasteiger partial charge is 0.305 e. The lowest BCUT2D eigenvalue weighted by molar-refractivity contribution is -0.142. The number of carboxylic acids is 1. The highest BCUT2D eigenvalue weighted by Gasteiger charge is 2.58. The van der Waals surface area contributed by atoms with Gasteiger partial charge >= 0.3 is 5.97 Å². The molecule has 2 amide bonds. The van der Waals surface area contributed by atoms with Gasteiger partial charge in [0, 0.05) is 6.54 Å². The molecule has 2 aliphatic carbocycles. The monoisotopic (exact) mass is 235 g/mol. The highest BCUT2D eigenvalue weighted by atomic mass is 16.4. The predicted octanol–water partition coefficient (Wildman–Crippen LogP) is 0.268. The van der Waals surface area contributed by atoms with Crippen molar-refractivity contribution in [3.05, 3.63) is 12.2 Å². The Hall–Kier alpha value is -1.65. The number of rotatable bonds is 3. The van der Waals surface area contributed by atoms with Crippen molar-refractivity contribution in [3.8, 4) is 0 Å². The van der Waals surface area contributed by atoms with E-state index in [0.717, 1.165) is 11.3 Å². The van der Waals surface area contributed by atoms with E-state index in [0.29, 0.717) is 0 Å². The van der Waals surface area contributed by atoms with Crippen molar-refractivity contribution in [1.82, 2.24) is 4.90 Å². The number of amides is 2. The van der Waals surface area contributed by atoms with E-state index in [4.69, 9.17) is 5.11 Å². The highest BCUT2D eigenvalue weighted by molar-refractivity contribution is 6.06. The van der Waals surface area contributed by atoms with Crippen molar-refractivity contribution in [3.63, 3.8) is 0 Å². The Kier molecular flexibility index (Phi) is 2.11. The molecule has 0 unspecified atom stereocenters. The zero-order valence-corrected chi connectivity index (χ0v) is 9.20. The fraction of sp³-hybridized carbons (Fsp3) is 0.583. The van der Waals surface area contributed by atoms with Crippen LogP contribution in [0.3, 0.4) is 0 Å². The first-order valence-electron chi connectivity index (χ1n) is 5.85. The van der Waals surface area contributed by atoms with Gasteiger partial charge in [-0.05, 0) is 18.3 Å². The number of nitrogens with zero attached hydrogens (tertiary/aromatic N) is 1. The summed E-state index contributed by atoms with van der Waals surface area (Å²) in [5.74, 6) is -1.37. The van der Waals surface area contributed by atoms with Gasteiger partial charge in [-0.3, -0.25) is 19.3 Å². The molecule has 0 aromatic rings. The molecule has 3 rings (SSSR count). The molecule has 0 radical (unpaired) electrons. The molecule has 4 atom stereocenters. The lowest BCUT2D eigenvalue weighted by atomic mass is 9.85. The van der Waals surface area contributed by atoms with Crippen molar-refractivity contribution in [2.45, 2.75) is 12.8 Å². The molecular weight excluding hydrogens is 222 g/mol. The van der Waals surface area contributed by atoms with Crippen LogP contribution >= 0.6 is 0 Å². The molecule has 1 N–H and O–H groups in total. The predicted molar refractivity (Wildman–Crippen MR) is 56.7 cm³/mol. The summed E-state index contributed by atoms with van der Waals surface area (Å²) in [6.45, 7) is 0.0133. The quantitative estimate of drug-likeness (QED) is 0.562. The Morgan fingerprint density at radius 3 is 2.24 bits per heavy atom. The normalized spacial score (nSPS) is 38.0. The maximum Gasteiger partial charge on any atom is 0.305 e. The van der Waals surface area contributed by atoms with E-state index in [1.165, 1.54) is 0 Å². The Balaban J connectivity index is 1.80. The van der Waals surface area contributed by atoms with Crippen LogP contribution in [0.1, 0.15) is 12.8 Å². The molecule has 2 bridgehead atoms. The van der Waals surface area contributed by atoms with E-state index >= 15 is 0 Å². The van der Waals surface area contributed by atoms with Crippen molar-refractivity contribution in [1.29, 1.82) is 0 Å². The molecule has 1 heterocycles. The van der Waals surface area contributed by atoms with Crippen LogP contribution in [0.15, 0.2) is 12.2 Å². The minimum absolute atomic E-state index is 0.0133. The van der Waals surface area contributed by atoms with Gasteiger partial charge in [0.25, 0.3) is 0 Å². The van der Waals surface area contributed by atoms with Crippen LogP contribution in [-0.4, -0.2) is 34.3 Å². The Bertz CT molecular complexity index is 412. The molecule has 3 aliphatic rings.